The minimum Gasteiger partial charge on any atom is -0.480 e. The molecule has 3 N–H and O–H groups in total. The summed E-state index contributed by atoms with van der Waals surface area (Å²) in [5.74, 6) is -0.810. The molecule has 1 aliphatic carbocycles. The van der Waals surface area contributed by atoms with Gasteiger partial charge in [0.1, 0.15) is 6.04 Å². The monoisotopic (exact) mass is 308 g/mol. The van der Waals surface area contributed by atoms with Crippen LogP contribution < -0.4 is 5.73 Å². The third kappa shape index (κ3) is 2.35. The molecular weight excluding hydrogens is 292 g/mol. The predicted octanol–water partition coefficient (Wildman–Crippen LogP) is 2.25. The molecule has 1 aromatic rings. The van der Waals surface area contributed by atoms with E-state index in [1.165, 1.54) is 11.0 Å². The minimum absolute atomic E-state index is 0.0797. The van der Waals surface area contributed by atoms with Crippen molar-refractivity contribution in [2.45, 2.75) is 25.3 Å². The number of rotatable bonds is 2. The Balaban J connectivity index is 1.89. The van der Waals surface area contributed by atoms with Crippen LogP contribution in [0.15, 0.2) is 18.2 Å². The summed E-state index contributed by atoms with van der Waals surface area (Å²) < 4.78 is 0. The number of carbonyl (C=O) groups is 2. The highest BCUT2D eigenvalue weighted by atomic mass is 35.5. The lowest BCUT2D eigenvalue weighted by Gasteiger charge is -2.24. The number of amides is 1. The number of nitrogen functional groups attached to an aromatic ring is 1. The maximum Gasteiger partial charge on any atom is 0.326 e. The van der Waals surface area contributed by atoms with Crippen LogP contribution in [0.5, 0.6) is 0 Å². The lowest BCUT2D eigenvalue weighted by Crippen LogP contribution is -2.43. The van der Waals surface area contributed by atoms with Crippen LogP contribution in [0.25, 0.3) is 0 Å². The molecule has 112 valence electrons. The molecule has 0 spiro atoms. The quantitative estimate of drug-likeness (QED) is 0.821. The van der Waals surface area contributed by atoms with Gasteiger partial charge in [0.2, 0.25) is 0 Å². The molecule has 0 radical (unpaired) electrons. The first-order valence-corrected chi connectivity index (χ1v) is 7.45. The molecule has 1 saturated carbocycles. The van der Waals surface area contributed by atoms with Gasteiger partial charge in [-0.15, -0.1) is 0 Å². The number of carboxylic acids is 1. The Labute approximate surface area is 127 Å². The Morgan fingerprint density at radius 2 is 2.10 bits per heavy atom. The molecule has 0 bridgehead atoms. The Bertz CT molecular complexity index is 605. The minimum atomic E-state index is -0.917. The van der Waals surface area contributed by atoms with Gasteiger partial charge in [-0.2, -0.15) is 0 Å². The molecular formula is C15H17ClN2O3. The van der Waals surface area contributed by atoms with Gasteiger partial charge in [0.15, 0.2) is 0 Å². The van der Waals surface area contributed by atoms with E-state index in [2.05, 4.69) is 0 Å². The summed E-state index contributed by atoms with van der Waals surface area (Å²) in [6.07, 6.45) is 2.93. The van der Waals surface area contributed by atoms with E-state index in [9.17, 15) is 14.7 Å². The van der Waals surface area contributed by atoms with Crippen molar-refractivity contribution in [3.63, 3.8) is 0 Å². The Morgan fingerprint density at radius 3 is 2.76 bits per heavy atom. The van der Waals surface area contributed by atoms with Crippen molar-refractivity contribution < 1.29 is 14.7 Å². The zero-order valence-corrected chi connectivity index (χ0v) is 12.2. The van der Waals surface area contributed by atoms with E-state index in [0.29, 0.717) is 28.7 Å². The molecule has 5 nitrogen and oxygen atoms in total. The molecule has 3 unspecified atom stereocenters. The fraction of sp³-hybridized carbons (Fsp3) is 0.467. The van der Waals surface area contributed by atoms with Crippen molar-refractivity contribution in [3.8, 4) is 0 Å². The van der Waals surface area contributed by atoms with Crippen LogP contribution in [0, 0.1) is 11.8 Å². The number of carbonyl (C=O) groups excluding carboxylic acids is 1. The van der Waals surface area contributed by atoms with Crippen molar-refractivity contribution in [2.24, 2.45) is 11.8 Å². The lowest BCUT2D eigenvalue weighted by molar-refractivity contribution is -0.142. The summed E-state index contributed by atoms with van der Waals surface area (Å²) in [4.78, 5) is 25.7. The third-order valence-electron chi connectivity index (χ3n) is 4.65. The van der Waals surface area contributed by atoms with Gasteiger partial charge in [-0.3, -0.25) is 4.79 Å². The van der Waals surface area contributed by atoms with Crippen molar-refractivity contribution >= 4 is 29.2 Å². The van der Waals surface area contributed by atoms with E-state index in [-0.39, 0.29) is 11.8 Å². The van der Waals surface area contributed by atoms with Crippen molar-refractivity contribution in [2.75, 3.05) is 12.3 Å². The highest BCUT2D eigenvalue weighted by Crippen LogP contribution is 2.42. The average Bonchev–Trinajstić information content (AvgIpc) is 3.00. The number of fused-ring (bicyclic) bond motifs is 1. The number of nitrogens with two attached hydrogens (primary N) is 1. The number of halogens is 1. The van der Waals surface area contributed by atoms with E-state index in [4.69, 9.17) is 17.3 Å². The van der Waals surface area contributed by atoms with Crippen molar-refractivity contribution in [1.82, 2.24) is 4.90 Å². The summed E-state index contributed by atoms with van der Waals surface area (Å²) in [5, 5.41) is 9.87. The summed E-state index contributed by atoms with van der Waals surface area (Å²) in [6, 6.07) is 3.95. The Kier molecular flexibility index (Phi) is 3.53. The maximum atomic E-state index is 12.6. The van der Waals surface area contributed by atoms with Crippen LogP contribution >= 0.6 is 11.6 Å². The van der Waals surface area contributed by atoms with Crippen molar-refractivity contribution in [1.29, 1.82) is 0 Å². The maximum absolute atomic E-state index is 12.6. The van der Waals surface area contributed by atoms with Crippen LogP contribution in [0.2, 0.25) is 5.02 Å². The highest BCUT2D eigenvalue weighted by molar-refractivity contribution is 6.33. The third-order valence-corrected chi connectivity index (χ3v) is 4.99. The molecule has 1 heterocycles. The normalized spacial score (nSPS) is 27.7. The second kappa shape index (κ2) is 5.22. The molecule has 0 aromatic heterocycles. The molecule has 2 fully saturated rings. The molecule has 1 amide bonds. The number of benzene rings is 1. The number of nitrogens with zero attached hydrogens (tertiary/aromatic N) is 1. The predicted molar refractivity (Wildman–Crippen MR) is 79.2 cm³/mol. The lowest BCUT2D eigenvalue weighted by atomic mass is 9.94. The summed E-state index contributed by atoms with van der Waals surface area (Å²) >= 11 is 5.86. The molecule has 1 aliphatic heterocycles. The van der Waals surface area contributed by atoms with Crippen molar-refractivity contribution in [3.05, 3.63) is 28.8 Å². The van der Waals surface area contributed by atoms with Gasteiger partial charge in [-0.1, -0.05) is 18.0 Å². The molecule has 1 saturated heterocycles. The van der Waals surface area contributed by atoms with E-state index in [1.54, 1.807) is 12.1 Å². The standard InChI is InChI=1S/C15H17ClN2O3/c16-11-5-4-8(6-12(11)17)14(19)18-7-9-2-1-3-10(9)13(18)15(20)21/h4-6,9-10,13H,1-3,7,17H2,(H,20,21). The second-order valence-corrected chi connectivity index (χ2v) is 6.24. The summed E-state index contributed by atoms with van der Waals surface area (Å²) in [5.41, 5.74) is 6.44. The number of carboxylic acid groups (broad SMARTS) is 1. The molecule has 3 atom stereocenters. The van der Waals surface area contributed by atoms with E-state index < -0.39 is 12.0 Å². The van der Waals surface area contributed by atoms with Gasteiger partial charge < -0.3 is 15.7 Å². The van der Waals surface area contributed by atoms with E-state index in [0.717, 1.165) is 19.3 Å². The summed E-state index contributed by atoms with van der Waals surface area (Å²) in [7, 11) is 0. The van der Waals surface area contributed by atoms with Gasteiger partial charge in [0, 0.05) is 12.1 Å². The van der Waals surface area contributed by atoms with Gasteiger partial charge in [-0.05, 0) is 42.9 Å². The topological polar surface area (TPSA) is 83.6 Å². The van der Waals surface area contributed by atoms with Gasteiger partial charge in [0.25, 0.3) is 5.91 Å². The second-order valence-electron chi connectivity index (χ2n) is 5.83. The Morgan fingerprint density at radius 1 is 1.33 bits per heavy atom. The number of likely N-dealkylation sites (tertiary alicyclic amines) is 1. The van der Waals surface area contributed by atoms with Gasteiger partial charge >= 0.3 is 5.97 Å². The average molecular weight is 309 g/mol. The van der Waals surface area contributed by atoms with Crippen LogP contribution in [-0.4, -0.2) is 34.5 Å². The zero-order valence-electron chi connectivity index (χ0n) is 11.5. The first kappa shape index (κ1) is 14.2. The molecule has 2 aliphatic rings. The zero-order chi connectivity index (χ0) is 15.1. The molecule has 1 aromatic carbocycles. The SMILES string of the molecule is Nc1cc(C(=O)N2CC3CCCC3C2C(=O)O)ccc1Cl. The Hall–Kier alpha value is -1.75. The number of anilines is 1. The van der Waals surface area contributed by atoms with Gasteiger partial charge in [0.05, 0.1) is 10.7 Å². The first-order chi connectivity index (χ1) is 9.99. The molecule has 21 heavy (non-hydrogen) atoms. The smallest absolute Gasteiger partial charge is 0.326 e. The van der Waals surface area contributed by atoms with E-state index >= 15 is 0 Å². The number of hydrogen-bond acceptors (Lipinski definition) is 3. The summed E-state index contributed by atoms with van der Waals surface area (Å²) in [6.45, 7) is 0.517. The number of hydrogen-bond donors (Lipinski definition) is 2. The van der Waals surface area contributed by atoms with Crippen LogP contribution in [0.1, 0.15) is 29.6 Å². The van der Waals surface area contributed by atoms with Crippen LogP contribution in [-0.2, 0) is 4.79 Å². The highest BCUT2D eigenvalue weighted by Gasteiger charge is 2.49. The van der Waals surface area contributed by atoms with Crippen LogP contribution in [0.3, 0.4) is 0 Å². The van der Waals surface area contributed by atoms with Crippen LogP contribution in [0.4, 0.5) is 5.69 Å². The fourth-order valence-electron chi connectivity index (χ4n) is 3.67. The molecule has 6 heteroatoms. The van der Waals surface area contributed by atoms with E-state index in [1.807, 2.05) is 0 Å². The first-order valence-electron chi connectivity index (χ1n) is 7.08. The largest absolute Gasteiger partial charge is 0.480 e. The molecule has 3 rings (SSSR count). The number of aliphatic carboxylic acids is 1. The fourth-order valence-corrected chi connectivity index (χ4v) is 3.79. The van der Waals surface area contributed by atoms with Gasteiger partial charge in [-0.25, -0.2) is 4.79 Å².